The number of hydrogen-bond acceptors (Lipinski definition) is 3. The molecule has 2 N–H and O–H groups in total. The van der Waals surface area contributed by atoms with Crippen LogP contribution in [0.25, 0.3) is 0 Å². The SMILES string of the molecule is CC(N)C1CCN(C(C)c2ccnn2C)CC1. The summed E-state index contributed by atoms with van der Waals surface area (Å²) >= 11 is 0. The van der Waals surface area contributed by atoms with E-state index < -0.39 is 0 Å². The number of aryl methyl sites for hydroxylation is 1. The van der Waals surface area contributed by atoms with Crippen molar-refractivity contribution in [1.82, 2.24) is 14.7 Å². The molecule has 1 aromatic rings. The van der Waals surface area contributed by atoms with E-state index in [9.17, 15) is 0 Å². The molecule has 1 aromatic heterocycles. The Morgan fingerprint density at radius 2 is 2.00 bits per heavy atom. The molecule has 96 valence electrons. The second-order valence-electron chi connectivity index (χ2n) is 5.29. The number of nitrogens with two attached hydrogens (primary N) is 1. The molecule has 1 fully saturated rings. The monoisotopic (exact) mass is 236 g/mol. The van der Waals surface area contributed by atoms with Crippen LogP contribution in [0.2, 0.25) is 0 Å². The molecule has 4 nitrogen and oxygen atoms in total. The van der Waals surface area contributed by atoms with E-state index in [2.05, 4.69) is 29.9 Å². The third-order valence-corrected chi connectivity index (χ3v) is 4.15. The average molecular weight is 236 g/mol. The van der Waals surface area contributed by atoms with Crippen molar-refractivity contribution in [2.45, 2.75) is 38.8 Å². The minimum absolute atomic E-state index is 0.337. The average Bonchev–Trinajstić information content (AvgIpc) is 2.74. The normalized spacial score (nSPS) is 22.6. The predicted molar refractivity (Wildman–Crippen MR) is 69.6 cm³/mol. The molecule has 17 heavy (non-hydrogen) atoms. The number of nitrogens with zero attached hydrogens (tertiary/aromatic N) is 3. The summed E-state index contributed by atoms with van der Waals surface area (Å²) in [5.41, 5.74) is 7.27. The summed E-state index contributed by atoms with van der Waals surface area (Å²) in [5.74, 6) is 0.699. The van der Waals surface area contributed by atoms with E-state index in [1.54, 1.807) is 0 Å². The lowest BCUT2D eigenvalue weighted by molar-refractivity contribution is 0.128. The molecule has 0 amide bonds. The maximum absolute atomic E-state index is 5.97. The van der Waals surface area contributed by atoms with Crippen LogP contribution < -0.4 is 5.73 Å². The fourth-order valence-electron chi connectivity index (χ4n) is 2.81. The molecule has 0 radical (unpaired) electrons. The molecule has 2 rings (SSSR count). The van der Waals surface area contributed by atoms with Crippen molar-refractivity contribution in [2.24, 2.45) is 18.7 Å². The van der Waals surface area contributed by atoms with E-state index in [1.807, 2.05) is 17.9 Å². The zero-order valence-electron chi connectivity index (χ0n) is 11.1. The minimum Gasteiger partial charge on any atom is -0.328 e. The lowest BCUT2D eigenvalue weighted by atomic mass is 9.90. The summed E-state index contributed by atoms with van der Waals surface area (Å²) in [4.78, 5) is 2.54. The molecular formula is C13H24N4. The molecule has 1 saturated heterocycles. The van der Waals surface area contributed by atoms with Crippen molar-refractivity contribution >= 4 is 0 Å². The lowest BCUT2D eigenvalue weighted by Gasteiger charge is -2.37. The number of likely N-dealkylation sites (tertiary alicyclic amines) is 1. The van der Waals surface area contributed by atoms with Gasteiger partial charge in [-0.3, -0.25) is 9.58 Å². The third-order valence-electron chi connectivity index (χ3n) is 4.15. The van der Waals surface area contributed by atoms with Gasteiger partial charge in [-0.2, -0.15) is 5.10 Å². The van der Waals surface area contributed by atoms with Crippen molar-refractivity contribution in [2.75, 3.05) is 13.1 Å². The Morgan fingerprint density at radius 1 is 1.35 bits per heavy atom. The van der Waals surface area contributed by atoms with Gasteiger partial charge in [0.25, 0.3) is 0 Å². The second kappa shape index (κ2) is 5.19. The molecular weight excluding hydrogens is 212 g/mol. The van der Waals surface area contributed by atoms with Crippen molar-refractivity contribution in [3.8, 4) is 0 Å². The Kier molecular flexibility index (Phi) is 3.84. The molecule has 2 atom stereocenters. The van der Waals surface area contributed by atoms with Crippen LogP contribution in [0.5, 0.6) is 0 Å². The van der Waals surface area contributed by atoms with E-state index in [-0.39, 0.29) is 0 Å². The third kappa shape index (κ3) is 2.69. The van der Waals surface area contributed by atoms with Crippen molar-refractivity contribution < 1.29 is 0 Å². The Hall–Kier alpha value is -0.870. The van der Waals surface area contributed by atoms with E-state index in [1.165, 1.54) is 18.5 Å². The van der Waals surface area contributed by atoms with Gasteiger partial charge in [0.05, 0.1) is 5.69 Å². The van der Waals surface area contributed by atoms with Crippen LogP contribution in [0.4, 0.5) is 0 Å². The molecule has 1 aliphatic rings. The molecule has 0 aromatic carbocycles. The molecule has 0 saturated carbocycles. The predicted octanol–water partition coefficient (Wildman–Crippen LogP) is 1.54. The molecule has 0 bridgehead atoms. The van der Waals surface area contributed by atoms with Gasteiger partial charge in [-0.25, -0.2) is 0 Å². The fraction of sp³-hybridized carbons (Fsp3) is 0.769. The quantitative estimate of drug-likeness (QED) is 0.866. The Balaban J connectivity index is 1.95. The maximum atomic E-state index is 5.97. The van der Waals surface area contributed by atoms with Gasteiger partial charge < -0.3 is 5.73 Å². The Morgan fingerprint density at radius 3 is 2.47 bits per heavy atom. The van der Waals surface area contributed by atoms with Crippen molar-refractivity contribution in [3.05, 3.63) is 18.0 Å². The molecule has 4 heteroatoms. The van der Waals surface area contributed by atoms with E-state index >= 15 is 0 Å². The number of aromatic nitrogens is 2. The first-order valence-electron chi connectivity index (χ1n) is 6.57. The summed E-state index contributed by atoms with van der Waals surface area (Å²) in [6.07, 6.45) is 4.32. The number of hydrogen-bond donors (Lipinski definition) is 1. The number of piperidine rings is 1. The molecule has 0 aliphatic carbocycles. The van der Waals surface area contributed by atoms with Crippen LogP contribution in [-0.4, -0.2) is 33.8 Å². The Bertz CT molecular complexity index is 350. The standard InChI is InChI=1S/C13H24N4/c1-10(14)12-5-8-17(9-6-12)11(2)13-4-7-15-16(13)3/h4,7,10-12H,5-6,8-9,14H2,1-3H3. The first-order valence-corrected chi connectivity index (χ1v) is 6.57. The van der Waals surface area contributed by atoms with E-state index in [0.717, 1.165) is 13.1 Å². The van der Waals surface area contributed by atoms with Crippen LogP contribution in [-0.2, 0) is 7.05 Å². The largest absolute Gasteiger partial charge is 0.328 e. The van der Waals surface area contributed by atoms with Gasteiger partial charge in [0, 0.05) is 25.3 Å². The van der Waals surface area contributed by atoms with Crippen molar-refractivity contribution in [3.63, 3.8) is 0 Å². The minimum atomic E-state index is 0.337. The summed E-state index contributed by atoms with van der Waals surface area (Å²) in [5, 5.41) is 4.25. The molecule has 0 spiro atoms. The highest BCUT2D eigenvalue weighted by atomic mass is 15.3. The topological polar surface area (TPSA) is 47.1 Å². The zero-order valence-corrected chi connectivity index (χ0v) is 11.1. The molecule has 2 unspecified atom stereocenters. The summed E-state index contributed by atoms with van der Waals surface area (Å²) in [6.45, 7) is 6.70. The summed E-state index contributed by atoms with van der Waals surface area (Å²) in [6, 6.07) is 2.91. The highest BCUT2D eigenvalue weighted by molar-refractivity contribution is 5.06. The molecule has 1 aliphatic heterocycles. The van der Waals surface area contributed by atoms with Gasteiger partial charge >= 0.3 is 0 Å². The van der Waals surface area contributed by atoms with Gasteiger partial charge in [0.15, 0.2) is 0 Å². The summed E-state index contributed by atoms with van der Waals surface area (Å²) < 4.78 is 1.97. The van der Waals surface area contributed by atoms with Gasteiger partial charge in [0.1, 0.15) is 0 Å². The van der Waals surface area contributed by atoms with Gasteiger partial charge in [-0.1, -0.05) is 0 Å². The highest BCUT2D eigenvalue weighted by Crippen LogP contribution is 2.27. The van der Waals surface area contributed by atoms with Gasteiger partial charge in [-0.05, 0) is 51.8 Å². The molecule has 2 heterocycles. The Labute approximate surface area is 104 Å². The van der Waals surface area contributed by atoms with Gasteiger partial charge in [-0.15, -0.1) is 0 Å². The van der Waals surface area contributed by atoms with Crippen LogP contribution in [0, 0.1) is 5.92 Å². The maximum Gasteiger partial charge on any atom is 0.0549 e. The highest BCUT2D eigenvalue weighted by Gasteiger charge is 2.26. The zero-order chi connectivity index (χ0) is 12.4. The van der Waals surface area contributed by atoms with E-state index in [0.29, 0.717) is 18.0 Å². The van der Waals surface area contributed by atoms with Crippen LogP contribution in [0.15, 0.2) is 12.3 Å². The summed E-state index contributed by atoms with van der Waals surface area (Å²) in [7, 11) is 2.01. The second-order valence-corrected chi connectivity index (χ2v) is 5.29. The van der Waals surface area contributed by atoms with Crippen molar-refractivity contribution in [1.29, 1.82) is 0 Å². The van der Waals surface area contributed by atoms with Gasteiger partial charge in [0.2, 0.25) is 0 Å². The fourth-order valence-corrected chi connectivity index (χ4v) is 2.81. The van der Waals surface area contributed by atoms with Crippen LogP contribution in [0.3, 0.4) is 0 Å². The van der Waals surface area contributed by atoms with Crippen LogP contribution >= 0.6 is 0 Å². The lowest BCUT2D eigenvalue weighted by Crippen LogP contribution is -2.41. The first-order chi connectivity index (χ1) is 8.09. The first kappa shape index (κ1) is 12.6. The smallest absolute Gasteiger partial charge is 0.0549 e. The van der Waals surface area contributed by atoms with Crippen LogP contribution in [0.1, 0.15) is 38.4 Å². The van der Waals surface area contributed by atoms with E-state index in [4.69, 9.17) is 5.73 Å². The number of rotatable bonds is 3.